The molecule has 0 saturated heterocycles. The van der Waals surface area contributed by atoms with E-state index in [0.29, 0.717) is 31.1 Å². The topological polar surface area (TPSA) is 70.8 Å². The van der Waals surface area contributed by atoms with Crippen LogP contribution in [0.4, 0.5) is 0 Å². The first-order valence-electron chi connectivity index (χ1n) is 5.76. The summed E-state index contributed by atoms with van der Waals surface area (Å²) in [4.78, 5) is 11.4. The molecule has 0 bridgehead atoms. The second kappa shape index (κ2) is 7.68. The maximum absolute atomic E-state index is 11.4. The Morgan fingerprint density at radius 2 is 2.06 bits per heavy atom. The molecule has 0 saturated carbocycles. The molecule has 1 aromatic rings. The summed E-state index contributed by atoms with van der Waals surface area (Å²) in [7, 11) is 3.00. The molecule has 0 aromatic heterocycles. The predicted octanol–water partition coefficient (Wildman–Crippen LogP) is 1.35. The van der Waals surface area contributed by atoms with Gasteiger partial charge in [0.15, 0.2) is 0 Å². The third-order valence-corrected chi connectivity index (χ3v) is 2.45. The number of esters is 1. The number of nitrogens with two attached hydrogens (primary N) is 1. The zero-order valence-electron chi connectivity index (χ0n) is 10.8. The molecule has 100 valence electrons. The number of methoxy groups -OCH3 is 2. The Morgan fingerprint density at radius 3 is 2.67 bits per heavy atom. The van der Waals surface area contributed by atoms with E-state index in [-0.39, 0.29) is 5.97 Å². The minimum atomic E-state index is -0.379. The largest absolute Gasteiger partial charge is 0.493 e. The normalized spacial score (nSPS) is 10.2. The molecule has 18 heavy (non-hydrogen) atoms. The molecule has 0 aliphatic heterocycles. The highest BCUT2D eigenvalue weighted by Crippen LogP contribution is 2.20. The van der Waals surface area contributed by atoms with E-state index < -0.39 is 0 Å². The second-order valence-electron chi connectivity index (χ2n) is 3.71. The summed E-state index contributed by atoms with van der Waals surface area (Å²) in [5.41, 5.74) is 6.90. The summed E-state index contributed by atoms with van der Waals surface area (Å²) in [6.07, 6.45) is 0.805. The molecular formula is C13H19NO4. The van der Waals surface area contributed by atoms with Gasteiger partial charge < -0.3 is 19.9 Å². The number of hydrogen-bond acceptors (Lipinski definition) is 5. The van der Waals surface area contributed by atoms with E-state index in [9.17, 15) is 4.79 Å². The van der Waals surface area contributed by atoms with Gasteiger partial charge in [-0.05, 0) is 18.2 Å². The van der Waals surface area contributed by atoms with Crippen LogP contribution in [0.5, 0.6) is 5.75 Å². The van der Waals surface area contributed by atoms with Crippen molar-refractivity contribution >= 4 is 5.97 Å². The van der Waals surface area contributed by atoms with Crippen LogP contribution in [0.15, 0.2) is 18.2 Å². The van der Waals surface area contributed by atoms with Crippen LogP contribution in [0.2, 0.25) is 0 Å². The van der Waals surface area contributed by atoms with Crippen LogP contribution >= 0.6 is 0 Å². The molecule has 2 N–H and O–H groups in total. The summed E-state index contributed by atoms with van der Waals surface area (Å²) >= 11 is 0. The molecule has 1 aromatic carbocycles. The molecule has 0 atom stereocenters. The molecular weight excluding hydrogens is 234 g/mol. The van der Waals surface area contributed by atoms with Gasteiger partial charge in [-0.25, -0.2) is 4.79 Å². The second-order valence-corrected chi connectivity index (χ2v) is 3.71. The van der Waals surface area contributed by atoms with Gasteiger partial charge in [-0.2, -0.15) is 0 Å². The van der Waals surface area contributed by atoms with Crippen molar-refractivity contribution in [1.29, 1.82) is 0 Å². The third kappa shape index (κ3) is 4.01. The van der Waals surface area contributed by atoms with Gasteiger partial charge in [-0.3, -0.25) is 0 Å². The average molecular weight is 253 g/mol. The van der Waals surface area contributed by atoms with Crippen molar-refractivity contribution in [3.05, 3.63) is 29.3 Å². The molecule has 0 radical (unpaired) electrons. The number of rotatable bonds is 7. The zero-order valence-corrected chi connectivity index (χ0v) is 10.8. The van der Waals surface area contributed by atoms with Crippen LogP contribution in [0.3, 0.4) is 0 Å². The van der Waals surface area contributed by atoms with Crippen LogP contribution in [0, 0.1) is 0 Å². The fourth-order valence-electron chi connectivity index (χ4n) is 1.51. The lowest BCUT2D eigenvalue weighted by molar-refractivity contribution is 0.0600. The van der Waals surface area contributed by atoms with Crippen LogP contribution in [-0.2, 0) is 16.0 Å². The summed E-state index contributed by atoms with van der Waals surface area (Å²) in [5.74, 6) is 0.317. The summed E-state index contributed by atoms with van der Waals surface area (Å²) < 4.78 is 15.2. The Labute approximate surface area is 107 Å². The van der Waals surface area contributed by atoms with Gasteiger partial charge >= 0.3 is 5.97 Å². The Bertz CT molecular complexity index is 393. The number of carbonyl (C=O) groups is 1. The predicted molar refractivity (Wildman–Crippen MR) is 67.7 cm³/mol. The summed E-state index contributed by atoms with van der Waals surface area (Å²) in [5, 5.41) is 0. The Morgan fingerprint density at radius 1 is 1.28 bits per heavy atom. The van der Waals surface area contributed by atoms with Gasteiger partial charge in [0.05, 0.1) is 19.3 Å². The molecule has 0 amide bonds. The quantitative estimate of drug-likeness (QED) is 0.586. The number of carbonyl (C=O) groups excluding carboxylic acids is 1. The molecule has 1 rings (SSSR count). The van der Waals surface area contributed by atoms with E-state index in [4.69, 9.17) is 15.2 Å². The van der Waals surface area contributed by atoms with Crippen LogP contribution in [-0.4, -0.2) is 33.4 Å². The lowest BCUT2D eigenvalue weighted by atomic mass is 10.1. The molecule has 5 nitrogen and oxygen atoms in total. The summed E-state index contributed by atoms with van der Waals surface area (Å²) in [6, 6.07) is 5.09. The zero-order chi connectivity index (χ0) is 13.4. The van der Waals surface area contributed by atoms with Crippen molar-refractivity contribution in [2.24, 2.45) is 5.73 Å². The van der Waals surface area contributed by atoms with Gasteiger partial charge in [0.2, 0.25) is 0 Å². The number of benzene rings is 1. The standard InChI is InChI=1S/C13H19NO4/c1-16-6-3-7-18-12-5-4-10(13(15)17-2)8-11(12)9-14/h4-5,8H,3,6-7,9,14H2,1-2H3. The highest BCUT2D eigenvalue weighted by atomic mass is 16.5. The lowest BCUT2D eigenvalue weighted by Gasteiger charge is -2.11. The van der Waals surface area contributed by atoms with Crippen molar-refractivity contribution in [3.63, 3.8) is 0 Å². The monoisotopic (exact) mass is 253 g/mol. The van der Waals surface area contributed by atoms with Crippen LogP contribution < -0.4 is 10.5 Å². The average Bonchev–Trinajstić information content (AvgIpc) is 2.42. The lowest BCUT2D eigenvalue weighted by Crippen LogP contribution is -2.08. The Hall–Kier alpha value is -1.59. The van der Waals surface area contributed by atoms with Gasteiger partial charge in [0.25, 0.3) is 0 Å². The van der Waals surface area contributed by atoms with Crippen LogP contribution in [0.1, 0.15) is 22.3 Å². The van der Waals surface area contributed by atoms with Crippen molar-refractivity contribution < 1.29 is 19.0 Å². The van der Waals surface area contributed by atoms with Crippen LogP contribution in [0.25, 0.3) is 0 Å². The van der Waals surface area contributed by atoms with Gasteiger partial charge in [0.1, 0.15) is 5.75 Å². The van der Waals surface area contributed by atoms with E-state index in [0.717, 1.165) is 12.0 Å². The third-order valence-electron chi connectivity index (χ3n) is 2.45. The van der Waals surface area contributed by atoms with Gasteiger partial charge in [-0.15, -0.1) is 0 Å². The Kier molecular flexibility index (Phi) is 6.18. The molecule has 0 aliphatic carbocycles. The maximum atomic E-state index is 11.4. The van der Waals surface area contributed by atoms with Crippen molar-refractivity contribution in [2.45, 2.75) is 13.0 Å². The fourth-order valence-corrected chi connectivity index (χ4v) is 1.51. The van der Waals surface area contributed by atoms with Gasteiger partial charge in [-0.1, -0.05) is 0 Å². The summed E-state index contributed by atoms with van der Waals surface area (Å²) in [6.45, 7) is 1.51. The molecule has 0 heterocycles. The van der Waals surface area contributed by atoms with Gasteiger partial charge in [0, 0.05) is 32.2 Å². The fraction of sp³-hybridized carbons (Fsp3) is 0.462. The first-order valence-corrected chi connectivity index (χ1v) is 5.76. The first kappa shape index (κ1) is 14.5. The van der Waals surface area contributed by atoms with E-state index in [2.05, 4.69) is 4.74 Å². The molecule has 0 fully saturated rings. The minimum absolute atomic E-state index is 0.310. The Balaban J connectivity index is 2.71. The minimum Gasteiger partial charge on any atom is -0.493 e. The maximum Gasteiger partial charge on any atom is 0.337 e. The van der Waals surface area contributed by atoms with Crippen molar-refractivity contribution in [2.75, 3.05) is 27.4 Å². The number of hydrogen-bond donors (Lipinski definition) is 1. The SMILES string of the molecule is COCCCOc1ccc(C(=O)OC)cc1CN. The molecule has 0 spiro atoms. The highest BCUT2D eigenvalue weighted by molar-refractivity contribution is 5.89. The van der Waals surface area contributed by atoms with Crippen molar-refractivity contribution in [1.82, 2.24) is 0 Å². The highest BCUT2D eigenvalue weighted by Gasteiger charge is 2.09. The van der Waals surface area contributed by atoms with E-state index in [1.54, 1.807) is 25.3 Å². The molecule has 5 heteroatoms. The number of ether oxygens (including phenoxy) is 3. The molecule has 0 unspecified atom stereocenters. The van der Waals surface area contributed by atoms with Crippen molar-refractivity contribution in [3.8, 4) is 5.75 Å². The van der Waals surface area contributed by atoms with E-state index in [1.165, 1.54) is 7.11 Å². The van der Waals surface area contributed by atoms with E-state index in [1.807, 2.05) is 0 Å². The van der Waals surface area contributed by atoms with E-state index >= 15 is 0 Å². The molecule has 0 aliphatic rings. The smallest absolute Gasteiger partial charge is 0.337 e. The first-order chi connectivity index (χ1) is 8.72.